The molecule has 0 spiro atoms. The summed E-state index contributed by atoms with van der Waals surface area (Å²) in [6.45, 7) is 2.12. The number of benzene rings is 1. The van der Waals surface area contributed by atoms with Gasteiger partial charge >= 0.3 is 6.18 Å². The summed E-state index contributed by atoms with van der Waals surface area (Å²) >= 11 is 12.3. The molecule has 0 aliphatic heterocycles. The van der Waals surface area contributed by atoms with E-state index in [-0.39, 0.29) is 11.3 Å². The van der Waals surface area contributed by atoms with Gasteiger partial charge in [0.25, 0.3) is 0 Å². The van der Waals surface area contributed by atoms with Gasteiger partial charge in [-0.1, -0.05) is 35.3 Å². The average Bonchev–Trinajstić information content (AvgIpc) is 2.94. The van der Waals surface area contributed by atoms with E-state index in [1.165, 1.54) is 6.08 Å². The van der Waals surface area contributed by atoms with Gasteiger partial charge in [-0.25, -0.2) is 4.68 Å². The van der Waals surface area contributed by atoms with Crippen LogP contribution in [0.25, 0.3) is 11.6 Å². The molecule has 0 radical (unpaired) electrons. The fourth-order valence-electron chi connectivity index (χ4n) is 2.63. The second-order valence-electron chi connectivity index (χ2n) is 6.17. The normalized spacial score (nSPS) is 12.1. The zero-order valence-electron chi connectivity index (χ0n) is 15.0. The second-order valence-corrected chi connectivity index (χ2v) is 6.97. The van der Waals surface area contributed by atoms with Gasteiger partial charge in [-0.05, 0) is 42.8 Å². The lowest BCUT2D eigenvalue weighted by Gasteiger charge is -2.06. The van der Waals surface area contributed by atoms with Gasteiger partial charge in [0.15, 0.2) is 0 Å². The van der Waals surface area contributed by atoms with Gasteiger partial charge in [-0.2, -0.15) is 23.5 Å². The minimum atomic E-state index is -4.50. The Labute approximate surface area is 174 Å². The van der Waals surface area contributed by atoms with Gasteiger partial charge in [0.1, 0.15) is 11.2 Å². The van der Waals surface area contributed by atoms with E-state index in [9.17, 15) is 18.4 Å². The number of rotatable bonds is 4. The summed E-state index contributed by atoms with van der Waals surface area (Å²) < 4.78 is 39.7. The van der Waals surface area contributed by atoms with Crippen LogP contribution in [0.5, 0.6) is 0 Å². The standard InChI is InChI=1S/C20H13Cl2F3N4/c1-12-17(19(22)29(28-12)11-13-2-5-16(21)6-3-13)8-14(9-26)18-7-4-15(10-27-18)20(23,24)25/h2-8,10H,11H2,1H3/b14-8-. The zero-order chi connectivity index (χ0) is 21.2. The number of nitriles is 1. The van der Waals surface area contributed by atoms with Gasteiger partial charge in [0.2, 0.25) is 0 Å². The molecule has 9 heteroatoms. The largest absolute Gasteiger partial charge is 0.417 e. The molecule has 2 aromatic heterocycles. The van der Waals surface area contributed by atoms with Crippen molar-refractivity contribution in [3.63, 3.8) is 0 Å². The smallest absolute Gasteiger partial charge is 0.255 e. The fraction of sp³-hybridized carbons (Fsp3) is 0.150. The van der Waals surface area contributed by atoms with Crippen LogP contribution in [0.3, 0.4) is 0 Å². The highest BCUT2D eigenvalue weighted by molar-refractivity contribution is 6.31. The summed E-state index contributed by atoms with van der Waals surface area (Å²) in [7, 11) is 0. The highest BCUT2D eigenvalue weighted by atomic mass is 35.5. The Hall–Kier alpha value is -2.82. The monoisotopic (exact) mass is 436 g/mol. The lowest BCUT2D eigenvalue weighted by molar-refractivity contribution is -0.137. The molecule has 0 aliphatic rings. The number of halogens is 5. The summed E-state index contributed by atoms with van der Waals surface area (Å²) in [5.41, 5.74) is 1.31. The minimum Gasteiger partial charge on any atom is -0.255 e. The molecule has 3 rings (SSSR count). The number of nitrogens with zero attached hydrogens (tertiary/aromatic N) is 4. The van der Waals surface area contributed by atoms with Crippen LogP contribution in [0.15, 0.2) is 42.6 Å². The van der Waals surface area contributed by atoms with Crippen molar-refractivity contribution in [2.24, 2.45) is 0 Å². The van der Waals surface area contributed by atoms with Crippen molar-refractivity contribution in [1.29, 1.82) is 5.26 Å². The minimum absolute atomic E-state index is 0.0785. The van der Waals surface area contributed by atoms with Crippen molar-refractivity contribution in [3.05, 3.63) is 80.8 Å². The molecule has 2 heterocycles. The summed E-state index contributed by atoms with van der Waals surface area (Å²) in [5, 5.41) is 14.8. The number of aryl methyl sites for hydroxylation is 1. The van der Waals surface area contributed by atoms with Crippen molar-refractivity contribution in [2.45, 2.75) is 19.6 Å². The maximum Gasteiger partial charge on any atom is 0.417 e. The molecular weight excluding hydrogens is 424 g/mol. The molecule has 0 N–H and O–H groups in total. The van der Waals surface area contributed by atoms with Crippen molar-refractivity contribution in [2.75, 3.05) is 0 Å². The molecule has 0 saturated carbocycles. The van der Waals surface area contributed by atoms with Crippen LogP contribution in [0, 0.1) is 18.3 Å². The van der Waals surface area contributed by atoms with Gasteiger partial charge in [-0.3, -0.25) is 4.98 Å². The maximum atomic E-state index is 12.7. The number of alkyl halides is 3. The molecule has 1 aromatic carbocycles. The van der Waals surface area contributed by atoms with E-state index in [1.807, 2.05) is 18.2 Å². The predicted octanol–water partition coefficient (Wildman–Crippen LogP) is 6.02. The lowest BCUT2D eigenvalue weighted by Crippen LogP contribution is -2.05. The van der Waals surface area contributed by atoms with Crippen LogP contribution >= 0.6 is 23.2 Å². The van der Waals surface area contributed by atoms with E-state index in [4.69, 9.17) is 23.2 Å². The van der Waals surface area contributed by atoms with Gasteiger partial charge < -0.3 is 0 Å². The molecular formula is C20H13Cl2F3N4. The molecule has 29 heavy (non-hydrogen) atoms. The maximum absolute atomic E-state index is 12.7. The molecule has 0 saturated heterocycles. The molecule has 0 bridgehead atoms. The first kappa shape index (κ1) is 20.9. The zero-order valence-corrected chi connectivity index (χ0v) is 16.5. The van der Waals surface area contributed by atoms with Crippen LogP contribution < -0.4 is 0 Å². The van der Waals surface area contributed by atoms with Gasteiger partial charge in [-0.15, -0.1) is 0 Å². The summed E-state index contributed by atoms with van der Waals surface area (Å²) in [6, 6.07) is 11.2. The highest BCUT2D eigenvalue weighted by Gasteiger charge is 2.30. The topological polar surface area (TPSA) is 54.5 Å². The first-order valence-electron chi connectivity index (χ1n) is 8.32. The third kappa shape index (κ3) is 4.78. The Bertz CT molecular complexity index is 1090. The van der Waals surface area contributed by atoms with Crippen molar-refractivity contribution < 1.29 is 13.2 Å². The third-order valence-electron chi connectivity index (χ3n) is 4.13. The van der Waals surface area contributed by atoms with Crippen molar-refractivity contribution in [3.8, 4) is 6.07 Å². The Morgan fingerprint density at radius 3 is 2.41 bits per heavy atom. The van der Waals surface area contributed by atoms with Crippen LogP contribution in [0.4, 0.5) is 13.2 Å². The van der Waals surface area contributed by atoms with E-state index in [1.54, 1.807) is 23.7 Å². The number of hydrogen-bond acceptors (Lipinski definition) is 3. The Kier molecular flexibility index (Phi) is 5.96. The summed E-state index contributed by atoms with van der Waals surface area (Å²) in [6.07, 6.45) is -2.33. The van der Waals surface area contributed by atoms with Crippen LogP contribution in [-0.4, -0.2) is 14.8 Å². The van der Waals surface area contributed by atoms with E-state index < -0.39 is 11.7 Å². The molecule has 0 aliphatic carbocycles. The highest BCUT2D eigenvalue weighted by Crippen LogP contribution is 2.30. The second kappa shape index (κ2) is 8.27. The fourth-order valence-corrected chi connectivity index (χ4v) is 3.04. The van der Waals surface area contributed by atoms with Crippen LogP contribution in [0.2, 0.25) is 10.2 Å². The average molecular weight is 437 g/mol. The molecule has 0 unspecified atom stereocenters. The lowest BCUT2D eigenvalue weighted by atomic mass is 10.1. The molecule has 4 nitrogen and oxygen atoms in total. The van der Waals surface area contributed by atoms with E-state index in [0.717, 1.165) is 17.7 Å². The molecule has 148 valence electrons. The first-order valence-corrected chi connectivity index (χ1v) is 9.07. The predicted molar refractivity (Wildman–Crippen MR) is 105 cm³/mol. The Morgan fingerprint density at radius 2 is 1.86 bits per heavy atom. The summed E-state index contributed by atoms with van der Waals surface area (Å²) in [5.74, 6) is 0. The van der Waals surface area contributed by atoms with E-state index in [0.29, 0.717) is 34.2 Å². The van der Waals surface area contributed by atoms with E-state index in [2.05, 4.69) is 10.1 Å². The number of pyridine rings is 1. The van der Waals surface area contributed by atoms with E-state index >= 15 is 0 Å². The number of hydrogen-bond donors (Lipinski definition) is 0. The van der Waals surface area contributed by atoms with Crippen molar-refractivity contribution >= 4 is 34.9 Å². The van der Waals surface area contributed by atoms with Crippen LogP contribution in [0.1, 0.15) is 28.1 Å². The molecule has 3 aromatic rings. The number of allylic oxidation sites excluding steroid dienone is 1. The van der Waals surface area contributed by atoms with Gasteiger partial charge in [0.05, 0.1) is 29.1 Å². The molecule has 0 fully saturated rings. The first-order chi connectivity index (χ1) is 13.7. The van der Waals surface area contributed by atoms with Crippen LogP contribution in [-0.2, 0) is 12.7 Å². The Balaban J connectivity index is 1.93. The Morgan fingerprint density at radius 1 is 1.17 bits per heavy atom. The quantitative estimate of drug-likeness (QED) is 0.469. The van der Waals surface area contributed by atoms with Crippen molar-refractivity contribution in [1.82, 2.24) is 14.8 Å². The third-order valence-corrected chi connectivity index (χ3v) is 4.78. The SMILES string of the molecule is Cc1nn(Cc2ccc(Cl)cc2)c(Cl)c1/C=C(/C#N)c1ccc(C(F)(F)F)cn1. The molecule has 0 atom stereocenters. The summed E-state index contributed by atoms with van der Waals surface area (Å²) in [4.78, 5) is 3.76. The van der Waals surface area contributed by atoms with Gasteiger partial charge in [0, 0.05) is 16.8 Å². The number of aromatic nitrogens is 3. The molecule has 0 amide bonds.